The van der Waals surface area contributed by atoms with Gasteiger partial charge in [0.25, 0.3) is 5.91 Å². The van der Waals surface area contributed by atoms with Crippen LogP contribution < -0.4 is 5.32 Å². The van der Waals surface area contributed by atoms with Crippen LogP contribution in [0.15, 0.2) is 30.6 Å². The van der Waals surface area contributed by atoms with E-state index < -0.39 is 35.5 Å². The molecule has 2 aromatic heterocycles. The van der Waals surface area contributed by atoms with Crippen LogP contribution in [-0.4, -0.2) is 69.6 Å². The lowest BCUT2D eigenvalue weighted by Gasteiger charge is -2.35. The number of pyridine rings is 1. The summed E-state index contributed by atoms with van der Waals surface area (Å²) in [4.78, 5) is 33.6. The molecule has 34 heavy (non-hydrogen) atoms. The number of aliphatic hydroxyl groups excluding tert-OH is 1. The maximum atomic E-state index is 13.7. The van der Waals surface area contributed by atoms with Crippen molar-refractivity contribution in [3.63, 3.8) is 0 Å². The van der Waals surface area contributed by atoms with Crippen molar-refractivity contribution in [3.05, 3.63) is 41.3 Å². The van der Waals surface area contributed by atoms with Gasteiger partial charge in [-0.1, -0.05) is 19.3 Å². The fourth-order valence-corrected chi connectivity index (χ4v) is 6.64. The number of hydrogen-bond acceptors (Lipinski definition) is 6. The first kappa shape index (κ1) is 23.7. The highest BCUT2D eigenvalue weighted by Gasteiger charge is 2.53. The summed E-state index contributed by atoms with van der Waals surface area (Å²) < 4.78 is 19.2. The minimum atomic E-state index is -0.792. The number of rotatable bonds is 5. The van der Waals surface area contributed by atoms with Crippen molar-refractivity contribution in [2.24, 2.45) is 5.92 Å². The Balaban J connectivity index is 1.36. The van der Waals surface area contributed by atoms with Gasteiger partial charge in [-0.25, -0.2) is 4.39 Å². The molecule has 182 valence electrons. The number of nitrogens with zero attached hydrogens (tertiary/aromatic N) is 2. The van der Waals surface area contributed by atoms with E-state index in [0.29, 0.717) is 10.4 Å². The van der Waals surface area contributed by atoms with Gasteiger partial charge in [-0.2, -0.15) is 0 Å². The highest BCUT2D eigenvalue weighted by atomic mass is 35.5. The van der Waals surface area contributed by atoms with Gasteiger partial charge in [-0.15, -0.1) is 22.9 Å². The molecule has 5 rings (SSSR count). The number of alkyl halides is 1. The van der Waals surface area contributed by atoms with Crippen LogP contribution in [0.4, 0.5) is 4.39 Å². The molecule has 2 N–H and O–H groups in total. The third kappa shape index (κ3) is 4.58. The first-order valence-corrected chi connectivity index (χ1v) is 12.9. The number of aliphatic hydroxyl groups is 1. The Labute approximate surface area is 206 Å². The van der Waals surface area contributed by atoms with E-state index >= 15 is 0 Å². The number of nitrogens with one attached hydrogen (secondary N) is 1. The third-order valence-corrected chi connectivity index (χ3v) is 8.57. The van der Waals surface area contributed by atoms with Crippen LogP contribution in [0.5, 0.6) is 0 Å². The lowest BCUT2D eigenvalue weighted by Crippen LogP contribution is -2.55. The number of carbonyl (C=O) groups is 2. The molecule has 0 radical (unpaired) electrons. The van der Waals surface area contributed by atoms with E-state index in [4.69, 9.17) is 16.3 Å². The fourth-order valence-electron chi connectivity index (χ4n) is 5.38. The van der Waals surface area contributed by atoms with Crippen LogP contribution in [0.3, 0.4) is 0 Å². The molecular formula is C24H27ClFN3O4S. The summed E-state index contributed by atoms with van der Waals surface area (Å²) in [6.45, 7) is 0.428. The molecule has 10 heteroatoms. The molecule has 2 saturated heterocycles. The van der Waals surface area contributed by atoms with Gasteiger partial charge < -0.3 is 20.1 Å². The molecule has 0 bridgehead atoms. The lowest BCUT2D eigenvalue weighted by molar-refractivity contribution is -0.137. The molecule has 2 aromatic rings. The second-order valence-corrected chi connectivity index (χ2v) is 10.9. The zero-order valence-electron chi connectivity index (χ0n) is 18.5. The Hall–Kier alpha value is -2.07. The molecule has 3 fully saturated rings. The Morgan fingerprint density at radius 2 is 2.06 bits per heavy atom. The van der Waals surface area contributed by atoms with Crippen LogP contribution in [-0.2, 0) is 9.53 Å². The topological polar surface area (TPSA) is 91.8 Å². The zero-order valence-corrected chi connectivity index (χ0v) is 20.1. The summed E-state index contributed by atoms with van der Waals surface area (Å²) in [5.74, 6) is -0.983. The van der Waals surface area contributed by atoms with Crippen molar-refractivity contribution in [1.82, 2.24) is 15.2 Å². The molecule has 0 unspecified atom stereocenters. The second kappa shape index (κ2) is 9.89. The monoisotopic (exact) mass is 507 g/mol. The highest BCUT2D eigenvalue weighted by molar-refractivity contribution is 7.17. The van der Waals surface area contributed by atoms with Gasteiger partial charge in [0.15, 0.2) is 0 Å². The summed E-state index contributed by atoms with van der Waals surface area (Å²) in [7, 11) is 0. The van der Waals surface area contributed by atoms with E-state index in [1.165, 1.54) is 17.4 Å². The van der Waals surface area contributed by atoms with Crippen molar-refractivity contribution in [1.29, 1.82) is 0 Å². The van der Waals surface area contributed by atoms with Gasteiger partial charge in [-0.3, -0.25) is 14.6 Å². The predicted molar refractivity (Wildman–Crippen MR) is 126 cm³/mol. The zero-order chi connectivity index (χ0) is 23.8. The Bertz CT molecular complexity index is 1060. The van der Waals surface area contributed by atoms with Crippen LogP contribution in [0, 0.1) is 11.7 Å². The SMILES string of the molecule is O=C(N[C@H](C(=O)N1C[C@H](Cl)[C@H]2OC[C@H](O)[C@H]21)C1CCCCC1)c1ccc(-c2cncc(F)c2)s1. The molecule has 0 spiro atoms. The number of aromatic nitrogens is 1. The molecule has 3 aliphatic rings. The van der Waals surface area contributed by atoms with Crippen LogP contribution in [0.25, 0.3) is 10.4 Å². The van der Waals surface area contributed by atoms with E-state index in [9.17, 15) is 19.1 Å². The molecule has 2 aliphatic heterocycles. The average molecular weight is 508 g/mol. The van der Waals surface area contributed by atoms with E-state index in [0.717, 1.165) is 43.2 Å². The molecule has 0 aromatic carbocycles. The minimum absolute atomic E-state index is 0.0179. The first-order chi connectivity index (χ1) is 16.4. The molecule has 2 amide bonds. The Morgan fingerprint density at radius 3 is 2.82 bits per heavy atom. The molecule has 1 saturated carbocycles. The largest absolute Gasteiger partial charge is 0.388 e. The fraction of sp³-hybridized carbons (Fsp3) is 0.542. The van der Waals surface area contributed by atoms with Crippen LogP contribution in [0.2, 0.25) is 0 Å². The second-order valence-electron chi connectivity index (χ2n) is 9.27. The molecular weight excluding hydrogens is 481 g/mol. The average Bonchev–Trinajstić information content (AvgIpc) is 3.56. The number of fused-ring (bicyclic) bond motifs is 1. The first-order valence-electron chi connectivity index (χ1n) is 11.7. The third-order valence-electron chi connectivity index (χ3n) is 7.05. The number of amides is 2. The Morgan fingerprint density at radius 1 is 1.26 bits per heavy atom. The van der Waals surface area contributed by atoms with E-state index in [1.807, 2.05) is 0 Å². The number of ether oxygens (including phenoxy) is 1. The Kier molecular flexibility index (Phi) is 6.88. The standard InChI is InChI=1S/C24H27ClFN3O4S/c25-16-11-29(21-17(30)12-33-22(16)21)24(32)20(13-4-2-1-3-5-13)28-23(31)19-7-6-18(34-19)14-8-15(26)10-27-9-14/h6-10,13,16-17,20-22,30H,1-5,11-12H2,(H,28,31)/t16-,17-,20-,21+,22+/m0/s1. The van der Waals surface area contributed by atoms with Crippen molar-refractivity contribution in [3.8, 4) is 10.4 Å². The number of thiophene rings is 1. The smallest absolute Gasteiger partial charge is 0.262 e. The summed E-state index contributed by atoms with van der Waals surface area (Å²) >= 11 is 7.66. The van der Waals surface area contributed by atoms with Crippen LogP contribution >= 0.6 is 22.9 Å². The van der Waals surface area contributed by atoms with E-state index in [1.54, 1.807) is 23.2 Å². The van der Waals surface area contributed by atoms with Gasteiger partial charge in [0, 0.05) is 23.2 Å². The quantitative estimate of drug-likeness (QED) is 0.606. The number of hydrogen-bond donors (Lipinski definition) is 2. The minimum Gasteiger partial charge on any atom is -0.388 e. The summed E-state index contributed by atoms with van der Waals surface area (Å²) in [5.41, 5.74) is 0.593. The maximum absolute atomic E-state index is 13.7. The van der Waals surface area contributed by atoms with Crippen molar-refractivity contribution >= 4 is 34.8 Å². The van der Waals surface area contributed by atoms with Crippen LogP contribution in [0.1, 0.15) is 41.8 Å². The summed E-state index contributed by atoms with van der Waals surface area (Å²) in [5, 5.41) is 13.0. The van der Waals surface area contributed by atoms with Gasteiger partial charge in [0.2, 0.25) is 5.91 Å². The molecule has 4 heterocycles. The molecule has 1 aliphatic carbocycles. The highest BCUT2D eigenvalue weighted by Crippen LogP contribution is 2.35. The lowest BCUT2D eigenvalue weighted by atomic mass is 9.83. The van der Waals surface area contributed by atoms with Gasteiger partial charge in [0.05, 0.1) is 35.2 Å². The van der Waals surface area contributed by atoms with Gasteiger partial charge >= 0.3 is 0 Å². The number of carbonyl (C=O) groups excluding carboxylic acids is 2. The van der Waals surface area contributed by atoms with E-state index in [2.05, 4.69) is 10.3 Å². The summed E-state index contributed by atoms with van der Waals surface area (Å²) in [6.07, 6.45) is 6.33. The van der Waals surface area contributed by atoms with Crippen molar-refractivity contribution < 1.29 is 23.8 Å². The maximum Gasteiger partial charge on any atom is 0.262 e. The number of likely N-dealkylation sites (tertiary alicyclic amines) is 1. The van der Waals surface area contributed by atoms with Gasteiger partial charge in [0.1, 0.15) is 18.0 Å². The van der Waals surface area contributed by atoms with E-state index in [-0.39, 0.29) is 30.9 Å². The van der Waals surface area contributed by atoms with Gasteiger partial charge in [-0.05, 0) is 37.0 Å². The number of halogens is 2. The normalized spacial score (nSPS) is 28.0. The summed E-state index contributed by atoms with van der Waals surface area (Å²) in [6, 6.07) is 3.60. The van der Waals surface area contributed by atoms with Crippen molar-refractivity contribution in [2.75, 3.05) is 13.2 Å². The van der Waals surface area contributed by atoms with Crippen molar-refractivity contribution in [2.45, 2.75) is 61.8 Å². The molecule has 7 nitrogen and oxygen atoms in total. The molecule has 5 atom stereocenters. The predicted octanol–water partition coefficient (Wildman–Crippen LogP) is 3.21.